The van der Waals surface area contributed by atoms with Crippen LogP contribution in [0.4, 0.5) is 21.9 Å². The molecule has 0 aliphatic carbocycles. The molecule has 3 aromatic rings. The van der Waals surface area contributed by atoms with Crippen molar-refractivity contribution in [3.05, 3.63) is 82.8 Å². The van der Waals surface area contributed by atoms with Crippen molar-refractivity contribution in [2.24, 2.45) is 0 Å². The number of anilines is 3. The number of amides is 4. The Morgan fingerprint density at radius 2 is 1.44 bits per heavy atom. The van der Waals surface area contributed by atoms with Gasteiger partial charge >= 0.3 is 6.03 Å². The third-order valence-electron chi connectivity index (χ3n) is 4.69. The first-order valence-corrected chi connectivity index (χ1v) is 11.3. The van der Waals surface area contributed by atoms with Crippen molar-refractivity contribution in [3.63, 3.8) is 0 Å². The lowest BCUT2D eigenvalue weighted by atomic mass is 10.3. The normalized spacial score (nSPS) is 15.7. The molecule has 3 aromatic carbocycles. The molecule has 0 bridgehead atoms. The van der Waals surface area contributed by atoms with Gasteiger partial charge in [0.1, 0.15) is 0 Å². The number of nitrogens with zero attached hydrogens (tertiary/aromatic N) is 1. The van der Waals surface area contributed by atoms with Gasteiger partial charge in [0.25, 0.3) is 0 Å². The Labute approximate surface area is 198 Å². The van der Waals surface area contributed by atoms with Gasteiger partial charge in [-0.2, -0.15) is 0 Å². The highest BCUT2D eigenvalue weighted by Crippen LogP contribution is 2.40. The second kappa shape index (κ2) is 9.65. The Balaban J connectivity index is 1.40. The van der Waals surface area contributed by atoms with Crippen LogP contribution in [0.5, 0.6) is 0 Å². The lowest BCUT2D eigenvalue weighted by Gasteiger charge is -2.17. The Kier molecular flexibility index (Phi) is 6.69. The highest BCUT2D eigenvalue weighted by molar-refractivity contribution is 8.00. The molecule has 1 saturated heterocycles. The van der Waals surface area contributed by atoms with E-state index in [0.717, 1.165) is 9.80 Å². The Hall–Kier alpha value is -3.00. The van der Waals surface area contributed by atoms with Gasteiger partial charge in [-0.25, -0.2) is 9.69 Å². The molecule has 1 aliphatic heterocycles. The molecule has 1 heterocycles. The first kappa shape index (κ1) is 22.2. The number of hydrogen-bond donors (Lipinski definition) is 2. The predicted molar refractivity (Wildman–Crippen MR) is 129 cm³/mol. The number of carbonyl (C=O) groups is 3. The molecule has 1 fully saturated rings. The number of benzene rings is 3. The van der Waals surface area contributed by atoms with Crippen LogP contribution in [-0.4, -0.2) is 23.1 Å². The van der Waals surface area contributed by atoms with Gasteiger partial charge in [-0.05, 0) is 48.5 Å². The van der Waals surface area contributed by atoms with E-state index in [1.165, 1.54) is 11.8 Å². The SMILES string of the molecule is O=C(Nc1ccccc1)Nc1ccc(S[C@@H]2CC(=O)N(c3c(Cl)cccc3Cl)C2=O)cc1. The third-order valence-corrected chi connectivity index (χ3v) is 6.50. The standard InChI is InChI=1S/C23H17Cl2N3O3S/c24-17-7-4-8-18(25)21(17)28-20(29)13-19(22(28)30)32-16-11-9-15(10-12-16)27-23(31)26-14-5-2-1-3-6-14/h1-12,19H,13H2,(H2,26,27,31)/t19-/m1/s1. The highest BCUT2D eigenvalue weighted by atomic mass is 35.5. The lowest BCUT2D eigenvalue weighted by molar-refractivity contribution is -0.121. The molecule has 9 heteroatoms. The van der Waals surface area contributed by atoms with Crippen LogP contribution in [0.15, 0.2) is 77.7 Å². The van der Waals surface area contributed by atoms with Gasteiger partial charge in [0.2, 0.25) is 11.8 Å². The topological polar surface area (TPSA) is 78.5 Å². The number of nitrogens with one attached hydrogen (secondary N) is 2. The third kappa shape index (κ3) is 4.91. The predicted octanol–water partition coefficient (Wildman–Crippen LogP) is 6.06. The van der Waals surface area contributed by atoms with Gasteiger partial charge < -0.3 is 10.6 Å². The molecule has 0 spiro atoms. The maximum atomic E-state index is 12.9. The maximum absolute atomic E-state index is 12.9. The molecular formula is C23H17Cl2N3O3S. The summed E-state index contributed by atoms with van der Waals surface area (Å²) >= 11 is 13.6. The van der Waals surface area contributed by atoms with Gasteiger partial charge in [-0.15, -0.1) is 11.8 Å². The maximum Gasteiger partial charge on any atom is 0.323 e. The second-order valence-corrected chi connectivity index (χ2v) is 9.01. The molecule has 4 rings (SSSR count). The van der Waals surface area contributed by atoms with Crippen molar-refractivity contribution in [1.82, 2.24) is 0 Å². The van der Waals surface area contributed by atoms with E-state index in [1.807, 2.05) is 18.2 Å². The smallest absolute Gasteiger partial charge is 0.308 e. The van der Waals surface area contributed by atoms with Crippen LogP contribution in [0.3, 0.4) is 0 Å². The number of para-hydroxylation sites is 2. The number of thioether (sulfide) groups is 1. The fourth-order valence-corrected chi connectivity index (χ4v) is 4.85. The Morgan fingerprint density at radius 1 is 0.844 bits per heavy atom. The first-order chi connectivity index (χ1) is 15.4. The molecule has 0 saturated carbocycles. The van der Waals surface area contributed by atoms with Crippen LogP contribution in [0.25, 0.3) is 0 Å². The average molecular weight is 486 g/mol. The quantitative estimate of drug-likeness (QED) is 0.430. The fourth-order valence-electron chi connectivity index (χ4n) is 3.23. The summed E-state index contributed by atoms with van der Waals surface area (Å²) in [6.07, 6.45) is 0.0462. The molecule has 0 aromatic heterocycles. The zero-order valence-corrected chi connectivity index (χ0v) is 18.9. The molecule has 1 aliphatic rings. The van der Waals surface area contributed by atoms with Crippen molar-refractivity contribution in [2.45, 2.75) is 16.6 Å². The molecule has 0 unspecified atom stereocenters. The van der Waals surface area contributed by atoms with Crippen molar-refractivity contribution < 1.29 is 14.4 Å². The van der Waals surface area contributed by atoms with Crippen molar-refractivity contribution in [3.8, 4) is 0 Å². The second-order valence-electron chi connectivity index (χ2n) is 6.92. The molecule has 1 atom stereocenters. The van der Waals surface area contributed by atoms with E-state index in [2.05, 4.69) is 10.6 Å². The monoisotopic (exact) mass is 485 g/mol. The summed E-state index contributed by atoms with van der Waals surface area (Å²) in [5, 5.41) is 5.39. The van der Waals surface area contributed by atoms with E-state index >= 15 is 0 Å². The molecule has 0 radical (unpaired) electrons. The number of imide groups is 1. The number of rotatable bonds is 5. The van der Waals surface area contributed by atoms with E-state index in [9.17, 15) is 14.4 Å². The molecule has 4 amide bonds. The van der Waals surface area contributed by atoms with Crippen LogP contribution in [-0.2, 0) is 9.59 Å². The summed E-state index contributed by atoms with van der Waals surface area (Å²) in [4.78, 5) is 39.4. The summed E-state index contributed by atoms with van der Waals surface area (Å²) in [5.74, 6) is -0.710. The van der Waals surface area contributed by atoms with E-state index in [4.69, 9.17) is 23.2 Å². The van der Waals surface area contributed by atoms with E-state index in [-0.39, 0.29) is 40.0 Å². The number of hydrogen-bond acceptors (Lipinski definition) is 4. The van der Waals surface area contributed by atoms with Gasteiger partial charge in [0.05, 0.1) is 21.0 Å². The molecule has 32 heavy (non-hydrogen) atoms. The molecule has 2 N–H and O–H groups in total. The van der Waals surface area contributed by atoms with Crippen molar-refractivity contribution in [2.75, 3.05) is 15.5 Å². The van der Waals surface area contributed by atoms with Gasteiger partial charge in [0, 0.05) is 22.7 Å². The largest absolute Gasteiger partial charge is 0.323 e. The van der Waals surface area contributed by atoms with E-state index < -0.39 is 5.25 Å². The first-order valence-electron chi connectivity index (χ1n) is 9.63. The summed E-state index contributed by atoms with van der Waals surface area (Å²) in [6, 6.07) is 20.6. The Morgan fingerprint density at radius 3 is 2.06 bits per heavy atom. The minimum atomic E-state index is -0.588. The van der Waals surface area contributed by atoms with Crippen LogP contribution < -0.4 is 15.5 Å². The average Bonchev–Trinajstić information content (AvgIpc) is 3.03. The van der Waals surface area contributed by atoms with E-state index in [1.54, 1.807) is 54.6 Å². The number of urea groups is 1. The van der Waals surface area contributed by atoms with Gasteiger partial charge in [-0.1, -0.05) is 47.5 Å². The molecule has 6 nitrogen and oxygen atoms in total. The minimum Gasteiger partial charge on any atom is -0.308 e. The molecular weight excluding hydrogens is 469 g/mol. The highest BCUT2D eigenvalue weighted by Gasteiger charge is 2.41. The summed E-state index contributed by atoms with van der Waals surface area (Å²) in [7, 11) is 0. The Bertz CT molecular complexity index is 1150. The molecule has 162 valence electrons. The van der Waals surface area contributed by atoms with Gasteiger partial charge in [0.15, 0.2) is 0 Å². The number of halogens is 2. The minimum absolute atomic E-state index is 0.0462. The van der Waals surface area contributed by atoms with Crippen LogP contribution in [0.2, 0.25) is 10.0 Å². The van der Waals surface area contributed by atoms with Crippen LogP contribution in [0.1, 0.15) is 6.42 Å². The zero-order valence-electron chi connectivity index (χ0n) is 16.5. The summed E-state index contributed by atoms with van der Waals surface area (Å²) < 4.78 is 0. The van der Waals surface area contributed by atoms with Crippen LogP contribution >= 0.6 is 35.0 Å². The lowest BCUT2D eigenvalue weighted by Crippen LogP contribution is -2.31. The van der Waals surface area contributed by atoms with Gasteiger partial charge in [-0.3, -0.25) is 9.59 Å². The van der Waals surface area contributed by atoms with Crippen molar-refractivity contribution >= 4 is 69.9 Å². The fraction of sp³-hybridized carbons (Fsp3) is 0.0870. The van der Waals surface area contributed by atoms with Crippen LogP contribution in [0, 0.1) is 0 Å². The summed E-state index contributed by atoms with van der Waals surface area (Å²) in [6.45, 7) is 0. The van der Waals surface area contributed by atoms with Crippen molar-refractivity contribution in [1.29, 1.82) is 0 Å². The summed E-state index contributed by atoms with van der Waals surface area (Å²) in [5.41, 5.74) is 1.50. The zero-order chi connectivity index (χ0) is 22.7. The number of carbonyl (C=O) groups excluding carboxylic acids is 3. The van der Waals surface area contributed by atoms with E-state index in [0.29, 0.717) is 11.4 Å².